The summed E-state index contributed by atoms with van der Waals surface area (Å²) in [6.45, 7) is 0. The van der Waals surface area contributed by atoms with Gasteiger partial charge in [0.2, 0.25) is 0 Å². The van der Waals surface area contributed by atoms with Gasteiger partial charge in [-0.1, -0.05) is 6.07 Å². The molecule has 0 aliphatic heterocycles. The molecule has 6 nitrogen and oxygen atoms in total. The fourth-order valence-electron chi connectivity index (χ4n) is 2.16. The highest BCUT2D eigenvalue weighted by Crippen LogP contribution is 2.23. The third-order valence-electron chi connectivity index (χ3n) is 3.44. The molecule has 0 atom stereocenters. The van der Waals surface area contributed by atoms with E-state index < -0.39 is 0 Å². The van der Waals surface area contributed by atoms with Gasteiger partial charge < -0.3 is 19.1 Å². The molecule has 2 amide bonds. The molecule has 0 aliphatic carbocycles. The highest BCUT2D eigenvalue weighted by Gasteiger charge is 2.17. The minimum Gasteiger partial charge on any atom is -0.457 e. The van der Waals surface area contributed by atoms with E-state index in [0.29, 0.717) is 31.8 Å². The molecule has 0 saturated heterocycles. The fourth-order valence-corrected chi connectivity index (χ4v) is 2.84. The average Bonchev–Trinajstić information content (AvgIpc) is 3.22. The van der Waals surface area contributed by atoms with Gasteiger partial charge in [-0.15, -0.1) is 0 Å². The minimum atomic E-state index is -0.306. The van der Waals surface area contributed by atoms with Crippen LogP contribution in [0, 0.1) is 0 Å². The van der Waals surface area contributed by atoms with Crippen LogP contribution in [0.15, 0.2) is 67.1 Å². The second-order valence-electron chi connectivity index (χ2n) is 5.15. The molecule has 0 unspecified atom stereocenters. The van der Waals surface area contributed by atoms with Crippen molar-refractivity contribution in [2.45, 2.75) is 0 Å². The standard InChI is InChI=1S/C17H12Br2N2O4/c1-21(17(23)11-6-15(19)25-9-11)13-4-2-3-12(7-13)20-16(22)10-5-14(18)24-8-10/h2-9H,1H3,(H,20,22). The van der Waals surface area contributed by atoms with Crippen LogP contribution in [0.25, 0.3) is 0 Å². The zero-order chi connectivity index (χ0) is 18.0. The van der Waals surface area contributed by atoms with Crippen LogP contribution in [-0.2, 0) is 0 Å². The quantitative estimate of drug-likeness (QED) is 0.590. The van der Waals surface area contributed by atoms with Crippen molar-refractivity contribution in [3.63, 3.8) is 0 Å². The molecule has 2 heterocycles. The Balaban J connectivity index is 1.76. The zero-order valence-electron chi connectivity index (χ0n) is 13.0. The molecule has 25 heavy (non-hydrogen) atoms. The first-order valence-corrected chi connectivity index (χ1v) is 8.70. The van der Waals surface area contributed by atoms with Crippen LogP contribution in [0.1, 0.15) is 20.7 Å². The van der Waals surface area contributed by atoms with Crippen LogP contribution in [0.3, 0.4) is 0 Å². The van der Waals surface area contributed by atoms with Gasteiger partial charge in [-0.3, -0.25) is 9.59 Å². The number of hydrogen-bond donors (Lipinski definition) is 1. The van der Waals surface area contributed by atoms with Crippen molar-refractivity contribution in [2.75, 3.05) is 17.3 Å². The van der Waals surface area contributed by atoms with E-state index in [1.54, 1.807) is 43.4 Å². The third kappa shape index (κ3) is 4.02. The number of anilines is 2. The van der Waals surface area contributed by atoms with Crippen LogP contribution in [-0.4, -0.2) is 18.9 Å². The molecule has 2 aromatic heterocycles. The van der Waals surface area contributed by atoms with E-state index in [9.17, 15) is 9.59 Å². The Labute approximate surface area is 160 Å². The number of rotatable bonds is 4. The summed E-state index contributed by atoms with van der Waals surface area (Å²) in [5.41, 5.74) is 2.01. The van der Waals surface area contributed by atoms with Crippen molar-refractivity contribution >= 4 is 55.0 Å². The summed E-state index contributed by atoms with van der Waals surface area (Å²) >= 11 is 6.33. The maximum Gasteiger partial charge on any atom is 0.261 e. The van der Waals surface area contributed by atoms with Gasteiger partial charge in [0, 0.05) is 30.6 Å². The highest BCUT2D eigenvalue weighted by atomic mass is 79.9. The van der Waals surface area contributed by atoms with Crippen molar-refractivity contribution in [1.29, 1.82) is 0 Å². The monoisotopic (exact) mass is 466 g/mol. The molecule has 0 bridgehead atoms. The number of amides is 2. The predicted molar refractivity (Wildman–Crippen MR) is 99.9 cm³/mol. The number of benzene rings is 1. The second-order valence-corrected chi connectivity index (χ2v) is 6.71. The first-order chi connectivity index (χ1) is 11.9. The molecule has 1 N–H and O–H groups in total. The van der Waals surface area contributed by atoms with Crippen molar-refractivity contribution in [3.05, 3.63) is 69.4 Å². The van der Waals surface area contributed by atoms with E-state index in [2.05, 4.69) is 37.2 Å². The predicted octanol–water partition coefficient (Wildman–Crippen LogP) is 4.93. The van der Waals surface area contributed by atoms with Gasteiger partial charge in [0.15, 0.2) is 9.34 Å². The Kier molecular flexibility index (Phi) is 5.10. The van der Waals surface area contributed by atoms with Crippen molar-refractivity contribution < 1.29 is 18.4 Å². The summed E-state index contributed by atoms with van der Waals surface area (Å²) in [5, 5.41) is 2.77. The van der Waals surface area contributed by atoms with E-state index >= 15 is 0 Å². The molecular formula is C17H12Br2N2O4. The van der Waals surface area contributed by atoms with Gasteiger partial charge >= 0.3 is 0 Å². The lowest BCUT2D eigenvalue weighted by Gasteiger charge is -2.17. The molecule has 0 aliphatic rings. The van der Waals surface area contributed by atoms with Crippen LogP contribution in [0.5, 0.6) is 0 Å². The number of hydrogen-bond acceptors (Lipinski definition) is 4. The van der Waals surface area contributed by atoms with E-state index in [1.165, 1.54) is 17.4 Å². The average molecular weight is 468 g/mol. The molecule has 128 valence electrons. The van der Waals surface area contributed by atoms with Gasteiger partial charge in [0.05, 0.1) is 11.1 Å². The topological polar surface area (TPSA) is 75.7 Å². The molecule has 1 aromatic carbocycles. The number of carbonyl (C=O) groups excluding carboxylic acids is 2. The lowest BCUT2D eigenvalue weighted by Crippen LogP contribution is -2.25. The Morgan fingerprint density at radius 1 is 1.00 bits per heavy atom. The van der Waals surface area contributed by atoms with Gasteiger partial charge in [-0.25, -0.2) is 0 Å². The molecule has 8 heteroatoms. The summed E-state index contributed by atoms with van der Waals surface area (Å²) in [6.07, 6.45) is 2.74. The van der Waals surface area contributed by atoms with Gasteiger partial charge in [0.1, 0.15) is 12.5 Å². The molecule has 0 radical (unpaired) electrons. The number of halogens is 2. The van der Waals surface area contributed by atoms with E-state index in [0.717, 1.165) is 0 Å². The van der Waals surface area contributed by atoms with Crippen molar-refractivity contribution in [3.8, 4) is 0 Å². The smallest absolute Gasteiger partial charge is 0.261 e. The van der Waals surface area contributed by atoms with Gasteiger partial charge in [0.25, 0.3) is 11.8 Å². The van der Waals surface area contributed by atoms with Crippen LogP contribution >= 0.6 is 31.9 Å². The minimum absolute atomic E-state index is 0.225. The molecule has 0 fully saturated rings. The van der Waals surface area contributed by atoms with E-state index in [1.807, 2.05) is 0 Å². The number of nitrogens with zero attached hydrogens (tertiary/aromatic N) is 1. The number of furan rings is 2. The summed E-state index contributed by atoms with van der Waals surface area (Å²) < 4.78 is 11.1. The van der Waals surface area contributed by atoms with Crippen molar-refractivity contribution in [1.82, 2.24) is 0 Å². The summed E-state index contributed by atoms with van der Waals surface area (Å²) in [4.78, 5) is 26.1. The molecule has 0 spiro atoms. The van der Waals surface area contributed by atoms with Crippen LogP contribution in [0.2, 0.25) is 0 Å². The SMILES string of the molecule is CN(C(=O)c1coc(Br)c1)c1cccc(NC(=O)c2coc(Br)c2)c1. The molecule has 3 rings (SSSR count). The summed E-state index contributed by atoms with van der Waals surface area (Å²) in [6, 6.07) is 10.2. The third-order valence-corrected chi connectivity index (χ3v) is 4.27. The Hall–Kier alpha value is -2.32. The first kappa shape index (κ1) is 17.5. The molecular weight excluding hydrogens is 456 g/mol. The Bertz CT molecular complexity index is 932. The maximum atomic E-state index is 12.5. The van der Waals surface area contributed by atoms with E-state index in [-0.39, 0.29) is 11.8 Å². The largest absolute Gasteiger partial charge is 0.457 e. The zero-order valence-corrected chi connectivity index (χ0v) is 16.1. The lowest BCUT2D eigenvalue weighted by molar-refractivity contribution is 0.0991. The normalized spacial score (nSPS) is 10.5. The Morgan fingerprint density at radius 2 is 1.64 bits per heavy atom. The molecule has 0 saturated carbocycles. The van der Waals surface area contributed by atoms with Crippen molar-refractivity contribution in [2.24, 2.45) is 0 Å². The van der Waals surface area contributed by atoms with E-state index in [4.69, 9.17) is 8.83 Å². The second kappa shape index (κ2) is 7.28. The highest BCUT2D eigenvalue weighted by molar-refractivity contribution is 9.10. The molecule has 3 aromatic rings. The summed E-state index contributed by atoms with van der Waals surface area (Å²) in [5.74, 6) is -0.531. The van der Waals surface area contributed by atoms with Crippen LogP contribution < -0.4 is 10.2 Å². The maximum absolute atomic E-state index is 12.5. The van der Waals surface area contributed by atoms with Gasteiger partial charge in [-0.2, -0.15) is 0 Å². The summed E-state index contributed by atoms with van der Waals surface area (Å²) in [7, 11) is 1.65. The number of carbonyl (C=O) groups is 2. The Morgan fingerprint density at radius 3 is 2.24 bits per heavy atom. The lowest BCUT2D eigenvalue weighted by atomic mass is 10.2. The van der Waals surface area contributed by atoms with Crippen LogP contribution in [0.4, 0.5) is 11.4 Å². The first-order valence-electron chi connectivity index (χ1n) is 7.11. The number of nitrogens with one attached hydrogen (secondary N) is 1. The van der Waals surface area contributed by atoms with Gasteiger partial charge in [-0.05, 0) is 50.1 Å². The fraction of sp³-hybridized carbons (Fsp3) is 0.0588.